The van der Waals surface area contributed by atoms with Crippen LogP contribution in [0.3, 0.4) is 0 Å². The first kappa shape index (κ1) is 15.4. The number of terminal acetylenes is 1. The van der Waals surface area contributed by atoms with Crippen LogP contribution in [0.5, 0.6) is 0 Å². The lowest BCUT2D eigenvalue weighted by Crippen LogP contribution is -2.11. The van der Waals surface area contributed by atoms with Gasteiger partial charge in [0.1, 0.15) is 0 Å². The van der Waals surface area contributed by atoms with Gasteiger partial charge in [0, 0.05) is 18.7 Å². The molecule has 104 valence electrons. The first-order chi connectivity index (χ1) is 8.98. The van der Waals surface area contributed by atoms with Gasteiger partial charge < -0.3 is 5.32 Å². The van der Waals surface area contributed by atoms with E-state index in [0.29, 0.717) is 18.7 Å². The molecule has 1 aromatic carbocycles. The largest absolute Gasteiger partial charge is 0.385 e. The quantitative estimate of drug-likeness (QED) is 0.619. The number of rotatable bonds is 7. The van der Waals surface area contributed by atoms with Crippen molar-refractivity contribution in [2.24, 2.45) is 0 Å². The minimum absolute atomic E-state index is 0.375. The summed E-state index contributed by atoms with van der Waals surface area (Å²) in [6.07, 6.45) is 7.62. The topological polar surface area (TPSA) is 46.2 Å². The van der Waals surface area contributed by atoms with Crippen molar-refractivity contribution >= 4 is 15.5 Å². The van der Waals surface area contributed by atoms with Crippen LogP contribution in [0.15, 0.2) is 29.2 Å². The molecular formula is C13H15F2NO2S. The fourth-order valence-electron chi connectivity index (χ4n) is 1.45. The molecule has 0 fully saturated rings. The second-order valence-corrected chi connectivity index (χ2v) is 5.84. The Balaban J connectivity index is 2.56. The van der Waals surface area contributed by atoms with Crippen LogP contribution in [0.4, 0.5) is 14.5 Å². The number of hydrogen-bond donors (Lipinski definition) is 1. The maximum Gasteiger partial charge on any atom is 0.341 e. The van der Waals surface area contributed by atoms with Crippen molar-refractivity contribution in [3.8, 4) is 12.3 Å². The molecule has 0 saturated carbocycles. The Morgan fingerprint density at radius 3 is 2.37 bits per heavy atom. The van der Waals surface area contributed by atoms with E-state index in [2.05, 4.69) is 11.2 Å². The highest BCUT2D eigenvalue weighted by Gasteiger charge is 2.26. The molecule has 0 bridgehead atoms. The van der Waals surface area contributed by atoms with Crippen LogP contribution in [-0.2, 0) is 9.84 Å². The van der Waals surface area contributed by atoms with E-state index in [4.69, 9.17) is 6.42 Å². The summed E-state index contributed by atoms with van der Waals surface area (Å²) in [5, 5.41) is 3.06. The standard InChI is InChI=1S/C13H15F2NO2S/c1-2-3-4-5-10-16-11-6-8-12(9-7-11)19(17,18)13(14)15/h1,6-9,13,16H,3-5,10H2. The molecule has 1 N–H and O–H groups in total. The van der Waals surface area contributed by atoms with E-state index in [1.165, 1.54) is 24.3 Å². The van der Waals surface area contributed by atoms with Gasteiger partial charge in [-0.15, -0.1) is 12.3 Å². The zero-order valence-electron chi connectivity index (χ0n) is 10.3. The van der Waals surface area contributed by atoms with Gasteiger partial charge in [-0.3, -0.25) is 0 Å². The summed E-state index contributed by atoms with van der Waals surface area (Å²) >= 11 is 0. The van der Waals surface area contributed by atoms with E-state index in [9.17, 15) is 17.2 Å². The van der Waals surface area contributed by atoms with Crippen LogP contribution >= 0.6 is 0 Å². The van der Waals surface area contributed by atoms with E-state index >= 15 is 0 Å². The predicted octanol–water partition coefficient (Wildman–Crippen LogP) is 2.90. The summed E-state index contributed by atoms with van der Waals surface area (Å²) in [5.41, 5.74) is 0.689. The molecule has 0 aliphatic carbocycles. The zero-order valence-corrected chi connectivity index (χ0v) is 11.1. The van der Waals surface area contributed by atoms with Gasteiger partial charge in [0.2, 0.25) is 9.84 Å². The Kier molecular flexibility index (Phi) is 5.77. The molecule has 0 radical (unpaired) electrons. The SMILES string of the molecule is C#CCCCCNc1ccc(S(=O)(=O)C(F)F)cc1. The molecule has 19 heavy (non-hydrogen) atoms. The van der Waals surface area contributed by atoms with Crippen LogP contribution in [0, 0.1) is 12.3 Å². The number of anilines is 1. The van der Waals surface area contributed by atoms with Crippen LogP contribution in [0.2, 0.25) is 0 Å². The first-order valence-electron chi connectivity index (χ1n) is 5.78. The lowest BCUT2D eigenvalue weighted by molar-refractivity contribution is 0.234. The van der Waals surface area contributed by atoms with Gasteiger partial charge in [-0.2, -0.15) is 8.78 Å². The summed E-state index contributed by atoms with van der Waals surface area (Å²) in [7, 11) is -4.51. The molecule has 0 atom stereocenters. The summed E-state index contributed by atoms with van der Waals surface area (Å²) in [4.78, 5) is -0.375. The van der Waals surface area contributed by atoms with Gasteiger partial charge in [0.15, 0.2) is 0 Å². The first-order valence-corrected chi connectivity index (χ1v) is 7.32. The molecule has 0 unspecified atom stereocenters. The number of halogens is 2. The number of sulfone groups is 1. The highest BCUT2D eigenvalue weighted by molar-refractivity contribution is 7.91. The summed E-state index contributed by atoms with van der Waals surface area (Å²) in [6, 6.07) is 5.28. The number of hydrogen-bond acceptors (Lipinski definition) is 3. The predicted molar refractivity (Wildman–Crippen MR) is 70.8 cm³/mol. The Bertz CT molecular complexity index is 533. The highest BCUT2D eigenvalue weighted by atomic mass is 32.2. The molecule has 1 aromatic rings. The molecule has 0 aliphatic heterocycles. The highest BCUT2D eigenvalue weighted by Crippen LogP contribution is 2.20. The number of unbranched alkanes of at least 4 members (excludes halogenated alkanes) is 2. The molecule has 0 saturated heterocycles. The fourth-order valence-corrected chi connectivity index (χ4v) is 2.17. The van der Waals surface area contributed by atoms with Crippen molar-refractivity contribution in [3.05, 3.63) is 24.3 Å². The van der Waals surface area contributed by atoms with E-state index in [-0.39, 0.29) is 4.90 Å². The third kappa shape index (κ3) is 4.52. The molecule has 6 heteroatoms. The van der Waals surface area contributed by atoms with Crippen molar-refractivity contribution in [2.75, 3.05) is 11.9 Å². The molecule has 1 rings (SSSR count). The van der Waals surface area contributed by atoms with E-state index in [0.717, 1.165) is 12.8 Å². The Morgan fingerprint density at radius 2 is 1.84 bits per heavy atom. The monoisotopic (exact) mass is 287 g/mol. The summed E-state index contributed by atoms with van der Waals surface area (Å²) in [5.74, 6) is -0.858. The fraction of sp³-hybridized carbons (Fsp3) is 0.385. The van der Waals surface area contributed by atoms with E-state index < -0.39 is 15.6 Å². The summed E-state index contributed by atoms with van der Waals surface area (Å²) in [6.45, 7) is 0.697. The van der Waals surface area contributed by atoms with Crippen molar-refractivity contribution in [2.45, 2.75) is 29.9 Å². The Labute approximate surface area is 111 Å². The molecule has 0 amide bonds. The van der Waals surface area contributed by atoms with Crippen molar-refractivity contribution < 1.29 is 17.2 Å². The lowest BCUT2D eigenvalue weighted by atomic mass is 10.2. The number of benzene rings is 1. The third-order valence-electron chi connectivity index (χ3n) is 2.49. The average Bonchev–Trinajstić information content (AvgIpc) is 2.39. The van der Waals surface area contributed by atoms with Crippen molar-refractivity contribution in [1.82, 2.24) is 0 Å². The van der Waals surface area contributed by atoms with Gasteiger partial charge in [-0.05, 0) is 37.1 Å². The Hall–Kier alpha value is -1.61. The molecule has 0 heterocycles. The van der Waals surface area contributed by atoms with Gasteiger partial charge >= 0.3 is 5.76 Å². The van der Waals surface area contributed by atoms with Crippen LogP contribution in [-0.4, -0.2) is 20.7 Å². The minimum Gasteiger partial charge on any atom is -0.385 e. The smallest absolute Gasteiger partial charge is 0.341 e. The molecule has 0 spiro atoms. The normalized spacial score (nSPS) is 11.3. The molecule has 0 aromatic heterocycles. The van der Waals surface area contributed by atoms with Gasteiger partial charge in [-0.1, -0.05) is 0 Å². The van der Waals surface area contributed by atoms with Crippen molar-refractivity contribution in [3.63, 3.8) is 0 Å². The number of alkyl halides is 2. The number of nitrogens with one attached hydrogen (secondary N) is 1. The molecule has 0 aliphatic rings. The second-order valence-electron chi connectivity index (χ2n) is 3.92. The van der Waals surface area contributed by atoms with Crippen LogP contribution in [0.1, 0.15) is 19.3 Å². The zero-order chi connectivity index (χ0) is 14.3. The van der Waals surface area contributed by atoms with Crippen LogP contribution in [0.25, 0.3) is 0 Å². The summed E-state index contributed by atoms with van der Waals surface area (Å²) < 4.78 is 47.0. The second kappa shape index (κ2) is 7.10. The van der Waals surface area contributed by atoms with Crippen LogP contribution < -0.4 is 5.32 Å². The van der Waals surface area contributed by atoms with Gasteiger partial charge in [0.25, 0.3) is 0 Å². The van der Waals surface area contributed by atoms with E-state index in [1.54, 1.807) is 0 Å². The minimum atomic E-state index is -4.51. The average molecular weight is 287 g/mol. The Morgan fingerprint density at radius 1 is 1.21 bits per heavy atom. The van der Waals surface area contributed by atoms with Crippen molar-refractivity contribution in [1.29, 1.82) is 0 Å². The lowest BCUT2D eigenvalue weighted by Gasteiger charge is -2.07. The molecule has 3 nitrogen and oxygen atoms in total. The third-order valence-corrected chi connectivity index (χ3v) is 3.89. The van der Waals surface area contributed by atoms with Gasteiger partial charge in [-0.25, -0.2) is 8.42 Å². The van der Waals surface area contributed by atoms with E-state index in [1.807, 2.05) is 0 Å². The maximum absolute atomic E-state index is 12.3. The molecular weight excluding hydrogens is 272 g/mol. The maximum atomic E-state index is 12.3. The van der Waals surface area contributed by atoms with Gasteiger partial charge in [0.05, 0.1) is 4.90 Å².